The van der Waals surface area contributed by atoms with Crippen LogP contribution in [0.2, 0.25) is 0 Å². The lowest BCUT2D eigenvalue weighted by Crippen LogP contribution is -2.35. The highest BCUT2D eigenvalue weighted by molar-refractivity contribution is 6.26. The van der Waals surface area contributed by atoms with E-state index in [1.807, 2.05) is 12.3 Å². The molecule has 2 rings (SSSR count). The molecule has 0 saturated carbocycles. The van der Waals surface area contributed by atoms with Crippen molar-refractivity contribution in [3.05, 3.63) is 36.2 Å². The number of alkyl halides is 1. The molecule has 2 nitrogen and oxygen atoms in total. The van der Waals surface area contributed by atoms with Crippen molar-refractivity contribution in [2.45, 2.75) is 12.4 Å². The first-order valence-electron chi connectivity index (χ1n) is 5.15. The predicted octanol–water partition coefficient (Wildman–Crippen LogP) is 2.61. The number of aromatic nitrogens is 1. The standard InChI is InChI=1S/C12H15ClN2/c1-9-6-11(12(13)15(2)8-9)10-4-3-5-14-7-10/h3-7,9,12H,8H2,1-2H3. The number of pyridine rings is 1. The summed E-state index contributed by atoms with van der Waals surface area (Å²) in [5.41, 5.74) is 2.26. The first kappa shape index (κ1) is 10.7. The summed E-state index contributed by atoms with van der Waals surface area (Å²) in [6, 6.07) is 4.00. The first-order chi connectivity index (χ1) is 7.18. The zero-order valence-electron chi connectivity index (χ0n) is 9.02. The fourth-order valence-electron chi connectivity index (χ4n) is 1.99. The number of hydrogen-bond acceptors (Lipinski definition) is 2. The Bertz CT molecular complexity index is 361. The zero-order chi connectivity index (χ0) is 10.8. The van der Waals surface area contributed by atoms with Gasteiger partial charge in [-0.05, 0) is 30.2 Å². The minimum absolute atomic E-state index is 0.0367. The van der Waals surface area contributed by atoms with Gasteiger partial charge >= 0.3 is 0 Å². The van der Waals surface area contributed by atoms with Crippen LogP contribution >= 0.6 is 11.6 Å². The molecular formula is C12H15ClN2. The Labute approximate surface area is 95.6 Å². The van der Waals surface area contributed by atoms with Gasteiger partial charge in [0.25, 0.3) is 0 Å². The molecule has 0 amide bonds. The van der Waals surface area contributed by atoms with E-state index in [0.717, 1.165) is 12.1 Å². The fraction of sp³-hybridized carbons (Fsp3) is 0.417. The summed E-state index contributed by atoms with van der Waals surface area (Å²) in [5, 5.41) is 0. The van der Waals surface area contributed by atoms with E-state index in [4.69, 9.17) is 11.6 Å². The van der Waals surface area contributed by atoms with Crippen molar-refractivity contribution >= 4 is 17.2 Å². The van der Waals surface area contributed by atoms with E-state index in [2.05, 4.69) is 36.0 Å². The normalized spacial score (nSPS) is 27.5. The Kier molecular flexibility index (Phi) is 3.08. The quantitative estimate of drug-likeness (QED) is 0.537. The van der Waals surface area contributed by atoms with Crippen LogP contribution in [0, 0.1) is 5.92 Å². The van der Waals surface area contributed by atoms with Crippen molar-refractivity contribution in [1.82, 2.24) is 9.88 Å². The Morgan fingerprint density at radius 1 is 1.53 bits per heavy atom. The van der Waals surface area contributed by atoms with Crippen LogP contribution in [-0.2, 0) is 0 Å². The van der Waals surface area contributed by atoms with Crippen LogP contribution in [0.1, 0.15) is 12.5 Å². The second kappa shape index (κ2) is 4.33. The summed E-state index contributed by atoms with van der Waals surface area (Å²) in [5.74, 6) is 0.542. The van der Waals surface area contributed by atoms with Gasteiger partial charge in [-0.1, -0.05) is 19.1 Å². The van der Waals surface area contributed by atoms with Crippen molar-refractivity contribution < 1.29 is 0 Å². The van der Waals surface area contributed by atoms with Gasteiger partial charge in [-0.3, -0.25) is 9.88 Å². The summed E-state index contributed by atoms with van der Waals surface area (Å²) in [7, 11) is 2.05. The van der Waals surface area contributed by atoms with Gasteiger partial charge in [-0.15, -0.1) is 11.6 Å². The molecule has 0 aromatic carbocycles. The molecule has 0 spiro atoms. The molecule has 2 unspecified atom stereocenters. The van der Waals surface area contributed by atoms with E-state index >= 15 is 0 Å². The highest BCUT2D eigenvalue weighted by atomic mass is 35.5. The number of halogens is 1. The molecule has 1 aliphatic heterocycles. The van der Waals surface area contributed by atoms with Crippen LogP contribution in [-0.4, -0.2) is 29.0 Å². The zero-order valence-corrected chi connectivity index (χ0v) is 9.78. The maximum absolute atomic E-state index is 6.36. The molecule has 0 fully saturated rings. The van der Waals surface area contributed by atoms with Gasteiger partial charge in [0.15, 0.2) is 0 Å². The number of likely N-dealkylation sites (N-methyl/N-ethyl adjacent to an activating group) is 1. The van der Waals surface area contributed by atoms with E-state index in [1.165, 1.54) is 5.57 Å². The number of hydrogen-bond donors (Lipinski definition) is 0. The van der Waals surface area contributed by atoms with E-state index in [9.17, 15) is 0 Å². The summed E-state index contributed by atoms with van der Waals surface area (Å²) < 4.78 is 0. The van der Waals surface area contributed by atoms with Crippen LogP contribution in [0.25, 0.3) is 5.57 Å². The Morgan fingerprint density at radius 3 is 3.00 bits per heavy atom. The predicted molar refractivity (Wildman–Crippen MR) is 63.6 cm³/mol. The molecule has 0 radical (unpaired) electrons. The molecule has 2 heterocycles. The molecule has 15 heavy (non-hydrogen) atoms. The molecule has 1 aliphatic rings. The maximum atomic E-state index is 6.36. The van der Waals surface area contributed by atoms with Gasteiger partial charge in [-0.2, -0.15) is 0 Å². The van der Waals surface area contributed by atoms with E-state index < -0.39 is 0 Å². The number of nitrogens with zero attached hydrogens (tertiary/aromatic N) is 2. The summed E-state index contributed by atoms with van der Waals surface area (Å²) in [6.45, 7) is 3.22. The lowest BCUT2D eigenvalue weighted by atomic mass is 9.97. The summed E-state index contributed by atoms with van der Waals surface area (Å²) in [6.07, 6.45) is 5.89. The van der Waals surface area contributed by atoms with Crippen molar-refractivity contribution in [2.75, 3.05) is 13.6 Å². The van der Waals surface area contributed by atoms with Crippen molar-refractivity contribution in [3.63, 3.8) is 0 Å². The molecule has 2 atom stereocenters. The SMILES string of the molecule is CC1C=C(c2cccnc2)C(Cl)N(C)C1. The minimum atomic E-state index is -0.0367. The third-order valence-corrected chi connectivity index (χ3v) is 3.25. The molecular weight excluding hydrogens is 208 g/mol. The molecule has 1 aromatic heterocycles. The second-order valence-electron chi connectivity index (χ2n) is 4.12. The topological polar surface area (TPSA) is 16.1 Å². The fourth-order valence-corrected chi connectivity index (χ4v) is 2.27. The molecule has 80 valence electrons. The molecule has 0 saturated heterocycles. The smallest absolute Gasteiger partial charge is 0.111 e. The largest absolute Gasteiger partial charge is 0.286 e. The molecule has 1 aromatic rings. The van der Waals surface area contributed by atoms with E-state index in [0.29, 0.717) is 5.92 Å². The van der Waals surface area contributed by atoms with Crippen molar-refractivity contribution in [2.24, 2.45) is 5.92 Å². The van der Waals surface area contributed by atoms with Crippen LogP contribution in [0.3, 0.4) is 0 Å². The van der Waals surface area contributed by atoms with E-state index in [-0.39, 0.29) is 5.50 Å². The third kappa shape index (κ3) is 2.21. The highest BCUT2D eigenvalue weighted by Gasteiger charge is 2.24. The van der Waals surface area contributed by atoms with Gasteiger partial charge in [0.05, 0.1) is 0 Å². The van der Waals surface area contributed by atoms with Crippen molar-refractivity contribution in [1.29, 1.82) is 0 Å². The monoisotopic (exact) mass is 222 g/mol. The van der Waals surface area contributed by atoms with Crippen LogP contribution in [0.15, 0.2) is 30.6 Å². The first-order valence-corrected chi connectivity index (χ1v) is 5.58. The number of rotatable bonds is 1. The van der Waals surface area contributed by atoms with E-state index in [1.54, 1.807) is 6.20 Å². The highest BCUT2D eigenvalue weighted by Crippen LogP contribution is 2.30. The second-order valence-corrected chi connectivity index (χ2v) is 4.53. The van der Waals surface area contributed by atoms with Gasteiger partial charge in [-0.25, -0.2) is 0 Å². The minimum Gasteiger partial charge on any atom is -0.286 e. The lowest BCUT2D eigenvalue weighted by Gasteiger charge is -2.32. The maximum Gasteiger partial charge on any atom is 0.111 e. The molecule has 3 heteroatoms. The van der Waals surface area contributed by atoms with Gasteiger partial charge < -0.3 is 0 Å². The molecule has 0 bridgehead atoms. The van der Waals surface area contributed by atoms with Crippen LogP contribution < -0.4 is 0 Å². The van der Waals surface area contributed by atoms with Crippen LogP contribution in [0.5, 0.6) is 0 Å². The third-order valence-electron chi connectivity index (χ3n) is 2.68. The lowest BCUT2D eigenvalue weighted by molar-refractivity contribution is 0.305. The average molecular weight is 223 g/mol. The molecule has 0 aliphatic carbocycles. The van der Waals surface area contributed by atoms with Crippen molar-refractivity contribution in [3.8, 4) is 0 Å². The van der Waals surface area contributed by atoms with Gasteiger partial charge in [0.1, 0.15) is 5.50 Å². The Hall–Kier alpha value is -0.860. The van der Waals surface area contributed by atoms with Gasteiger partial charge in [0, 0.05) is 18.9 Å². The summed E-state index contributed by atoms with van der Waals surface area (Å²) in [4.78, 5) is 6.29. The average Bonchev–Trinajstić information content (AvgIpc) is 2.24. The van der Waals surface area contributed by atoms with Gasteiger partial charge in [0.2, 0.25) is 0 Å². The molecule has 0 N–H and O–H groups in total. The Morgan fingerprint density at radius 2 is 2.33 bits per heavy atom. The summed E-state index contributed by atoms with van der Waals surface area (Å²) >= 11 is 6.36. The van der Waals surface area contributed by atoms with Crippen LogP contribution in [0.4, 0.5) is 0 Å². The Balaban J connectivity index is 2.35.